The molecule has 52 heavy (non-hydrogen) atoms. The molecule has 0 aromatic carbocycles. The van der Waals surface area contributed by atoms with Gasteiger partial charge in [-0.3, -0.25) is 9.35 Å². The number of rotatable bonds is 38. The van der Waals surface area contributed by atoms with Gasteiger partial charge in [-0.1, -0.05) is 197 Å². The zero-order valence-electron chi connectivity index (χ0n) is 33.7. The van der Waals surface area contributed by atoms with Crippen LogP contribution in [0.5, 0.6) is 0 Å². The maximum Gasteiger partial charge on any atom is 0.267 e. The quantitative estimate of drug-likeness (QED) is 0.0331. The van der Waals surface area contributed by atoms with Gasteiger partial charge in [0.25, 0.3) is 10.1 Å². The molecule has 2 atom stereocenters. The van der Waals surface area contributed by atoms with Gasteiger partial charge in [-0.2, -0.15) is 8.42 Å². The van der Waals surface area contributed by atoms with E-state index in [0.29, 0.717) is 0 Å². The molecule has 0 radical (unpaired) electrons. The first-order valence-corrected chi connectivity index (χ1v) is 23.1. The summed E-state index contributed by atoms with van der Waals surface area (Å²) in [6.07, 6.45) is 53.5. The van der Waals surface area contributed by atoms with Crippen LogP contribution in [0.4, 0.5) is 0 Å². The third kappa shape index (κ3) is 39.3. The predicted octanol–water partition coefficient (Wildman–Crippen LogP) is 12.9. The topological polar surface area (TPSA) is 104 Å². The van der Waals surface area contributed by atoms with Crippen molar-refractivity contribution in [1.82, 2.24) is 5.32 Å². The molecule has 0 saturated carbocycles. The highest BCUT2D eigenvalue weighted by molar-refractivity contribution is 7.85. The number of aliphatic hydroxyl groups is 1. The Hall–Kier alpha value is -1.96. The van der Waals surface area contributed by atoms with E-state index < -0.39 is 28.0 Å². The first-order valence-electron chi connectivity index (χ1n) is 21.5. The summed E-state index contributed by atoms with van der Waals surface area (Å²) in [4.78, 5) is 12.5. The number of allylic oxidation sites excluding steroid dienone is 9. The number of hydrogen-bond acceptors (Lipinski definition) is 4. The van der Waals surface area contributed by atoms with Crippen molar-refractivity contribution in [3.8, 4) is 0 Å². The van der Waals surface area contributed by atoms with Crippen molar-refractivity contribution in [3.05, 3.63) is 60.8 Å². The van der Waals surface area contributed by atoms with Crippen molar-refractivity contribution >= 4 is 16.0 Å². The lowest BCUT2D eigenvalue weighted by molar-refractivity contribution is -0.122. The number of hydrogen-bond donors (Lipinski definition) is 3. The van der Waals surface area contributed by atoms with Crippen LogP contribution in [-0.4, -0.2) is 41.9 Å². The van der Waals surface area contributed by atoms with Crippen LogP contribution in [0.2, 0.25) is 0 Å². The first kappa shape index (κ1) is 50.0. The number of unbranched alkanes of at least 4 members (excludes halogenated alkanes) is 22. The normalized spacial score (nSPS) is 13.8. The lowest BCUT2D eigenvalue weighted by Gasteiger charge is -2.21. The third-order valence-corrected chi connectivity index (χ3v) is 10.2. The van der Waals surface area contributed by atoms with Crippen molar-refractivity contribution in [1.29, 1.82) is 0 Å². The Morgan fingerprint density at radius 1 is 0.538 bits per heavy atom. The smallest absolute Gasteiger partial charge is 0.267 e. The van der Waals surface area contributed by atoms with Crippen LogP contribution in [0.1, 0.15) is 200 Å². The van der Waals surface area contributed by atoms with Gasteiger partial charge in [0.15, 0.2) is 0 Å². The molecule has 0 spiro atoms. The molecule has 6 nitrogen and oxygen atoms in total. The van der Waals surface area contributed by atoms with Gasteiger partial charge in [-0.15, -0.1) is 0 Å². The standard InChI is InChI=1S/C45H81NO5S/c1-3-5-7-9-11-13-15-17-19-20-21-22-23-24-25-26-27-29-31-33-35-37-39-41-45(48)46-43(42-52(49,50)51)44(47)40-38-36-34-32-30-28-18-16-14-12-10-8-6-4-2/h5,7,11,13,17,19,21-22,38,40,43-44,47H,3-4,6,8-10,12,14-16,18,20,23-37,39,41-42H2,1-2H3,(H,46,48)(H,49,50,51)/b7-5-,13-11-,19-17-,22-21-,40-38+. The number of carbonyl (C=O) groups excluding carboxylic acids is 1. The van der Waals surface area contributed by atoms with Crippen molar-refractivity contribution in [2.75, 3.05) is 5.75 Å². The van der Waals surface area contributed by atoms with E-state index in [0.717, 1.165) is 77.0 Å². The van der Waals surface area contributed by atoms with Crippen LogP contribution < -0.4 is 5.32 Å². The largest absolute Gasteiger partial charge is 0.387 e. The second kappa shape index (κ2) is 38.8. The molecule has 0 bridgehead atoms. The summed E-state index contributed by atoms with van der Waals surface area (Å²) in [6.45, 7) is 4.41. The monoisotopic (exact) mass is 748 g/mol. The number of amides is 1. The second-order valence-electron chi connectivity index (χ2n) is 14.6. The van der Waals surface area contributed by atoms with Crippen molar-refractivity contribution in [3.63, 3.8) is 0 Å². The highest BCUT2D eigenvalue weighted by Gasteiger charge is 2.24. The van der Waals surface area contributed by atoms with E-state index in [4.69, 9.17) is 0 Å². The fourth-order valence-corrected chi connectivity index (χ4v) is 7.00. The lowest BCUT2D eigenvalue weighted by atomic mass is 10.0. The Morgan fingerprint density at radius 3 is 1.37 bits per heavy atom. The summed E-state index contributed by atoms with van der Waals surface area (Å²) in [5.74, 6) is -0.986. The zero-order chi connectivity index (χ0) is 38.2. The molecule has 0 aliphatic rings. The summed E-state index contributed by atoms with van der Waals surface area (Å²) in [7, 11) is -4.35. The van der Waals surface area contributed by atoms with Gasteiger partial charge < -0.3 is 10.4 Å². The number of aliphatic hydroxyl groups excluding tert-OH is 1. The maximum absolute atomic E-state index is 12.5. The molecule has 0 rings (SSSR count). The van der Waals surface area contributed by atoms with Gasteiger partial charge in [-0.05, 0) is 57.8 Å². The molecule has 0 aromatic rings. The van der Waals surface area contributed by atoms with E-state index in [2.05, 4.69) is 67.8 Å². The summed E-state index contributed by atoms with van der Waals surface area (Å²) in [5.41, 5.74) is 0. The molecule has 2 unspecified atom stereocenters. The van der Waals surface area contributed by atoms with Crippen molar-refractivity contribution in [2.45, 2.75) is 212 Å². The average molecular weight is 748 g/mol. The summed E-state index contributed by atoms with van der Waals surface area (Å²) < 4.78 is 32.5. The summed E-state index contributed by atoms with van der Waals surface area (Å²) in [6, 6.07) is -1.06. The summed E-state index contributed by atoms with van der Waals surface area (Å²) in [5, 5.41) is 13.2. The fraction of sp³-hybridized carbons (Fsp3) is 0.756. The van der Waals surface area contributed by atoms with E-state index in [1.807, 2.05) is 6.08 Å². The molecule has 3 N–H and O–H groups in total. The Morgan fingerprint density at radius 2 is 0.923 bits per heavy atom. The molecule has 0 fully saturated rings. The molecule has 1 amide bonds. The van der Waals surface area contributed by atoms with Crippen LogP contribution in [0.3, 0.4) is 0 Å². The molecule has 0 aliphatic carbocycles. The van der Waals surface area contributed by atoms with Crippen LogP contribution in [-0.2, 0) is 14.9 Å². The second-order valence-corrected chi connectivity index (χ2v) is 16.1. The lowest BCUT2D eigenvalue weighted by Crippen LogP contribution is -2.46. The van der Waals surface area contributed by atoms with Crippen LogP contribution in [0.25, 0.3) is 0 Å². The number of nitrogens with one attached hydrogen (secondary N) is 1. The van der Waals surface area contributed by atoms with E-state index in [9.17, 15) is 22.9 Å². The van der Waals surface area contributed by atoms with Gasteiger partial charge in [0, 0.05) is 6.42 Å². The molecular weight excluding hydrogens is 667 g/mol. The molecule has 0 aromatic heterocycles. The van der Waals surface area contributed by atoms with Crippen molar-refractivity contribution < 1.29 is 22.9 Å². The van der Waals surface area contributed by atoms with Gasteiger partial charge in [0.1, 0.15) is 0 Å². The van der Waals surface area contributed by atoms with Gasteiger partial charge in [-0.25, -0.2) is 0 Å². The SMILES string of the molecule is CC/C=C\C/C=C\C/C=C\C/C=C\CCCCCCCCCCCCC(=O)NC(CS(=O)(=O)O)C(O)/C=C/CCCCCCCCCCCCCC. The molecular formula is C45H81NO5S. The molecule has 302 valence electrons. The van der Waals surface area contributed by atoms with Crippen LogP contribution >= 0.6 is 0 Å². The average Bonchev–Trinajstić information content (AvgIpc) is 3.11. The minimum absolute atomic E-state index is 0.285. The van der Waals surface area contributed by atoms with E-state index in [-0.39, 0.29) is 12.3 Å². The third-order valence-electron chi connectivity index (χ3n) is 9.45. The Labute approximate surface area is 321 Å². The maximum atomic E-state index is 12.5. The molecule has 0 aliphatic heterocycles. The van der Waals surface area contributed by atoms with Crippen molar-refractivity contribution in [2.24, 2.45) is 0 Å². The Bertz CT molecular complexity index is 1050. The minimum Gasteiger partial charge on any atom is -0.387 e. The molecule has 7 heteroatoms. The van der Waals surface area contributed by atoms with E-state index >= 15 is 0 Å². The number of carbonyl (C=O) groups is 1. The first-order chi connectivity index (χ1) is 25.3. The highest BCUT2D eigenvalue weighted by atomic mass is 32.2. The van der Waals surface area contributed by atoms with Gasteiger partial charge in [0.05, 0.1) is 17.9 Å². The zero-order valence-corrected chi connectivity index (χ0v) is 34.5. The van der Waals surface area contributed by atoms with Gasteiger partial charge >= 0.3 is 0 Å². The fourth-order valence-electron chi connectivity index (χ4n) is 6.26. The minimum atomic E-state index is -4.35. The Balaban J connectivity index is 3.88. The molecule has 0 saturated heterocycles. The summed E-state index contributed by atoms with van der Waals surface area (Å²) >= 11 is 0. The highest BCUT2D eigenvalue weighted by Crippen LogP contribution is 2.14. The van der Waals surface area contributed by atoms with E-state index in [1.54, 1.807) is 6.08 Å². The Kier molecular flexibility index (Phi) is 37.3. The van der Waals surface area contributed by atoms with Gasteiger partial charge in [0.2, 0.25) is 5.91 Å². The predicted molar refractivity (Wildman–Crippen MR) is 225 cm³/mol. The van der Waals surface area contributed by atoms with E-state index in [1.165, 1.54) is 103 Å². The van der Waals surface area contributed by atoms with Crippen LogP contribution in [0, 0.1) is 0 Å². The molecule has 0 heterocycles. The van der Waals surface area contributed by atoms with Crippen LogP contribution in [0.15, 0.2) is 60.8 Å².